The molecule has 2 aromatic carbocycles. The van der Waals surface area contributed by atoms with Crippen molar-refractivity contribution in [2.75, 3.05) is 0 Å². The van der Waals surface area contributed by atoms with E-state index in [9.17, 15) is 8.78 Å². The van der Waals surface area contributed by atoms with Gasteiger partial charge < -0.3 is 9.47 Å². The van der Waals surface area contributed by atoms with E-state index in [0.29, 0.717) is 11.1 Å². The molecule has 0 saturated carbocycles. The van der Waals surface area contributed by atoms with Crippen LogP contribution < -0.4 is 9.47 Å². The Balaban J connectivity index is 2.03. The second-order valence-corrected chi connectivity index (χ2v) is 5.36. The summed E-state index contributed by atoms with van der Waals surface area (Å²) in [4.78, 5) is 0. The third-order valence-corrected chi connectivity index (χ3v) is 3.50. The van der Waals surface area contributed by atoms with E-state index in [1.807, 2.05) is 0 Å². The minimum absolute atomic E-state index is 0.0787. The molecular weight excluding hydrogens is 340 g/mol. The van der Waals surface area contributed by atoms with Gasteiger partial charge in [-0.2, -0.15) is 5.26 Å². The van der Waals surface area contributed by atoms with Crippen molar-refractivity contribution in [3.63, 3.8) is 0 Å². The number of nitrogens with one attached hydrogen (secondary N) is 2. The Morgan fingerprint density at radius 2 is 1.75 bits per heavy atom. The number of hydrogen-bond donors (Lipinski definition) is 2. The average Bonchev–Trinajstić information content (AvgIpc) is 2.85. The molecule has 3 rings (SSSR count). The number of halogens is 3. The molecule has 2 N–H and O–H groups in total. The van der Waals surface area contributed by atoms with Crippen LogP contribution >= 0.6 is 11.6 Å². The van der Waals surface area contributed by atoms with Crippen LogP contribution in [0.3, 0.4) is 0 Å². The molecule has 0 aromatic heterocycles. The van der Waals surface area contributed by atoms with Gasteiger partial charge in [-0.3, -0.25) is 10.8 Å². The first-order valence-electron chi connectivity index (χ1n) is 6.58. The fraction of sp³-hybridized carbons (Fsp3) is 0.0625. The molecule has 120 valence electrons. The van der Waals surface area contributed by atoms with Crippen LogP contribution in [-0.2, 0) is 0 Å². The van der Waals surface area contributed by atoms with Gasteiger partial charge in [0.05, 0.1) is 5.71 Å². The number of nitriles is 1. The van der Waals surface area contributed by atoms with Gasteiger partial charge in [-0.1, -0.05) is 17.7 Å². The van der Waals surface area contributed by atoms with E-state index in [2.05, 4.69) is 9.47 Å². The minimum Gasteiger partial charge on any atom is -0.395 e. The van der Waals surface area contributed by atoms with Crippen molar-refractivity contribution >= 4 is 23.0 Å². The largest absolute Gasteiger partial charge is 0.586 e. The highest BCUT2D eigenvalue weighted by Gasteiger charge is 2.43. The van der Waals surface area contributed by atoms with E-state index in [1.165, 1.54) is 30.3 Å². The molecule has 0 bridgehead atoms. The van der Waals surface area contributed by atoms with Crippen molar-refractivity contribution in [1.29, 1.82) is 16.1 Å². The lowest BCUT2D eigenvalue weighted by Crippen LogP contribution is -2.25. The summed E-state index contributed by atoms with van der Waals surface area (Å²) in [6.07, 6.45) is -3.70. The summed E-state index contributed by atoms with van der Waals surface area (Å²) < 4.78 is 34.9. The lowest BCUT2D eigenvalue weighted by atomic mass is 9.99. The summed E-state index contributed by atoms with van der Waals surface area (Å²) >= 11 is 6.03. The molecule has 0 fully saturated rings. The lowest BCUT2D eigenvalue weighted by molar-refractivity contribution is -0.286. The van der Waals surface area contributed by atoms with Gasteiger partial charge in [0, 0.05) is 10.6 Å². The van der Waals surface area contributed by atoms with Crippen LogP contribution in [0.15, 0.2) is 36.4 Å². The Morgan fingerprint density at radius 1 is 1.04 bits per heavy atom. The first-order chi connectivity index (χ1) is 11.3. The number of rotatable bonds is 3. The van der Waals surface area contributed by atoms with Gasteiger partial charge in [-0.05, 0) is 41.5 Å². The highest BCUT2D eigenvalue weighted by Crippen LogP contribution is 2.43. The second-order valence-electron chi connectivity index (χ2n) is 4.92. The summed E-state index contributed by atoms with van der Waals surface area (Å²) in [5.74, 6) is -0.191. The van der Waals surface area contributed by atoms with Gasteiger partial charge in [0.2, 0.25) is 0 Å². The lowest BCUT2D eigenvalue weighted by Gasteiger charge is -2.08. The molecule has 1 heterocycles. The van der Waals surface area contributed by atoms with Gasteiger partial charge in [-0.25, -0.2) is 0 Å². The molecule has 1 aliphatic rings. The van der Waals surface area contributed by atoms with Crippen LogP contribution in [0, 0.1) is 22.1 Å². The van der Waals surface area contributed by atoms with Crippen LogP contribution in [0.5, 0.6) is 11.5 Å². The quantitative estimate of drug-likeness (QED) is 0.814. The van der Waals surface area contributed by atoms with Crippen molar-refractivity contribution in [2.45, 2.75) is 6.29 Å². The Morgan fingerprint density at radius 3 is 2.46 bits per heavy atom. The summed E-state index contributed by atoms with van der Waals surface area (Å²) in [6.45, 7) is 0. The van der Waals surface area contributed by atoms with E-state index >= 15 is 0 Å². The maximum Gasteiger partial charge on any atom is 0.586 e. The van der Waals surface area contributed by atoms with E-state index in [0.717, 1.165) is 0 Å². The molecule has 2 aromatic rings. The summed E-state index contributed by atoms with van der Waals surface area (Å²) in [5.41, 5.74) is 0.513. The number of alkyl halides is 2. The SMILES string of the molecule is N#CC(=N)C(=N)c1cc(Cl)cc(-c2ccc3c(c2)OC(F)(F)O3)c1. The van der Waals surface area contributed by atoms with Crippen LogP contribution in [-0.4, -0.2) is 17.7 Å². The molecule has 0 atom stereocenters. The second kappa shape index (κ2) is 5.58. The van der Waals surface area contributed by atoms with Crippen molar-refractivity contribution < 1.29 is 18.3 Å². The third kappa shape index (κ3) is 2.92. The Bertz CT molecular complexity index is 922. The molecule has 0 radical (unpaired) electrons. The van der Waals surface area contributed by atoms with Crippen LogP contribution in [0.25, 0.3) is 11.1 Å². The zero-order valence-electron chi connectivity index (χ0n) is 11.9. The fourth-order valence-corrected chi connectivity index (χ4v) is 2.46. The standard InChI is InChI=1S/C16H8ClF2N3O2/c17-11-4-9(3-10(5-11)15(22)12(21)7-20)8-1-2-13-14(6-8)24-16(18,19)23-13/h1-6,21-22H. The zero-order valence-corrected chi connectivity index (χ0v) is 12.6. The van der Waals surface area contributed by atoms with Crippen molar-refractivity contribution in [1.82, 2.24) is 0 Å². The Labute approximate surface area is 140 Å². The first kappa shape index (κ1) is 15.9. The molecule has 0 saturated heterocycles. The molecule has 0 spiro atoms. The van der Waals surface area contributed by atoms with Crippen LogP contribution in [0.2, 0.25) is 5.02 Å². The predicted octanol–water partition coefficient (Wildman–Crippen LogP) is 4.24. The number of nitrogens with zero attached hydrogens (tertiary/aromatic N) is 1. The maximum absolute atomic E-state index is 13.1. The molecule has 8 heteroatoms. The first-order valence-corrected chi connectivity index (χ1v) is 6.96. The average molecular weight is 348 g/mol. The fourth-order valence-electron chi connectivity index (χ4n) is 2.23. The summed E-state index contributed by atoms with van der Waals surface area (Å²) in [6, 6.07) is 10.4. The number of benzene rings is 2. The highest BCUT2D eigenvalue weighted by atomic mass is 35.5. The van der Waals surface area contributed by atoms with E-state index in [4.69, 9.17) is 27.7 Å². The molecule has 24 heavy (non-hydrogen) atoms. The summed E-state index contributed by atoms with van der Waals surface area (Å²) in [7, 11) is 0. The van der Waals surface area contributed by atoms with E-state index in [-0.39, 0.29) is 27.8 Å². The monoisotopic (exact) mass is 347 g/mol. The zero-order chi connectivity index (χ0) is 17.5. The maximum atomic E-state index is 13.1. The summed E-state index contributed by atoms with van der Waals surface area (Å²) in [5, 5.41) is 24.2. The van der Waals surface area contributed by atoms with Crippen molar-refractivity contribution in [3.8, 4) is 28.7 Å². The number of ether oxygens (including phenoxy) is 2. The van der Waals surface area contributed by atoms with Gasteiger partial charge in [-0.15, -0.1) is 8.78 Å². The smallest absolute Gasteiger partial charge is 0.395 e. The number of hydrogen-bond acceptors (Lipinski definition) is 5. The van der Waals surface area contributed by atoms with Crippen LogP contribution in [0.1, 0.15) is 5.56 Å². The van der Waals surface area contributed by atoms with Gasteiger partial charge in [0.1, 0.15) is 6.07 Å². The minimum atomic E-state index is -3.70. The molecule has 5 nitrogen and oxygen atoms in total. The van der Waals surface area contributed by atoms with Gasteiger partial charge in [0.15, 0.2) is 17.2 Å². The van der Waals surface area contributed by atoms with Crippen LogP contribution in [0.4, 0.5) is 8.78 Å². The topological polar surface area (TPSA) is 90.0 Å². The number of fused-ring (bicyclic) bond motifs is 1. The van der Waals surface area contributed by atoms with Crippen molar-refractivity contribution in [2.24, 2.45) is 0 Å². The van der Waals surface area contributed by atoms with Gasteiger partial charge in [0.25, 0.3) is 0 Å². The molecule has 0 unspecified atom stereocenters. The molecule has 0 aliphatic carbocycles. The van der Waals surface area contributed by atoms with Crippen molar-refractivity contribution in [3.05, 3.63) is 47.0 Å². The third-order valence-electron chi connectivity index (χ3n) is 3.28. The normalized spacial score (nSPS) is 14.1. The van der Waals surface area contributed by atoms with Gasteiger partial charge >= 0.3 is 6.29 Å². The molecular formula is C16H8ClF2N3O2. The van der Waals surface area contributed by atoms with E-state index < -0.39 is 12.0 Å². The highest BCUT2D eigenvalue weighted by molar-refractivity contribution is 6.51. The molecule has 0 amide bonds. The predicted molar refractivity (Wildman–Crippen MR) is 83.3 cm³/mol. The Hall–Kier alpha value is -2.98. The molecule has 1 aliphatic heterocycles. The Kier molecular flexibility index (Phi) is 3.70. The van der Waals surface area contributed by atoms with E-state index in [1.54, 1.807) is 12.1 Å².